The molecule has 1 spiro atoms. The van der Waals surface area contributed by atoms with Gasteiger partial charge in [-0.15, -0.1) is 0 Å². The van der Waals surface area contributed by atoms with Crippen LogP contribution in [-0.2, 0) is 12.0 Å². The van der Waals surface area contributed by atoms with E-state index in [0.29, 0.717) is 5.41 Å². The fourth-order valence-electron chi connectivity index (χ4n) is 3.99. The molecule has 0 aromatic carbocycles. The van der Waals surface area contributed by atoms with Gasteiger partial charge in [0.2, 0.25) is 0 Å². The molecule has 0 radical (unpaired) electrons. The van der Waals surface area contributed by atoms with E-state index in [9.17, 15) is 0 Å². The zero-order chi connectivity index (χ0) is 15.6. The molecule has 2 aliphatic rings. The van der Waals surface area contributed by atoms with E-state index in [1.165, 1.54) is 69.7 Å². The molecule has 2 N–H and O–H groups in total. The summed E-state index contributed by atoms with van der Waals surface area (Å²) in [6.07, 6.45) is 6.88. The molecule has 1 aromatic rings. The minimum absolute atomic E-state index is 0.132. The Balaban J connectivity index is 1.58. The van der Waals surface area contributed by atoms with Gasteiger partial charge in [0.1, 0.15) is 0 Å². The summed E-state index contributed by atoms with van der Waals surface area (Å²) in [6, 6.07) is 2.26. The third-order valence-corrected chi connectivity index (χ3v) is 5.60. The summed E-state index contributed by atoms with van der Waals surface area (Å²) >= 11 is 0. The molecule has 2 saturated heterocycles. The molecule has 22 heavy (non-hydrogen) atoms. The quantitative estimate of drug-likeness (QED) is 0.882. The zero-order valence-electron chi connectivity index (χ0n) is 14.5. The summed E-state index contributed by atoms with van der Waals surface area (Å²) in [4.78, 5) is 2.62. The van der Waals surface area contributed by atoms with E-state index in [-0.39, 0.29) is 5.41 Å². The predicted molar refractivity (Wildman–Crippen MR) is 91.0 cm³/mol. The van der Waals surface area contributed by atoms with Crippen LogP contribution in [0.3, 0.4) is 0 Å². The molecule has 0 aliphatic carbocycles. The van der Waals surface area contributed by atoms with Crippen molar-refractivity contribution in [2.45, 2.75) is 64.8 Å². The van der Waals surface area contributed by atoms with Gasteiger partial charge in [-0.3, -0.25) is 10.00 Å². The molecule has 1 aromatic heterocycles. The largest absolute Gasteiger partial charge is 0.317 e. The van der Waals surface area contributed by atoms with Crippen LogP contribution in [0.2, 0.25) is 0 Å². The number of likely N-dealkylation sites (tertiary alicyclic amines) is 1. The minimum Gasteiger partial charge on any atom is -0.317 e. The van der Waals surface area contributed by atoms with Crippen LogP contribution in [0.5, 0.6) is 0 Å². The molecular formula is C18H32N4. The molecule has 3 rings (SSSR count). The number of aromatic amines is 1. The molecule has 0 atom stereocenters. The van der Waals surface area contributed by atoms with Crippen LogP contribution in [-0.4, -0.2) is 41.3 Å². The van der Waals surface area contributed by atoms with Crippen LogP contribution in [0.1, 0.15) is 64.3 Å². The van der Waals surface area contributed by atoms with Crippen molar-refractivity contribution in [1.29, 1.82) is 0 Å². The number of hydrogen-bond donors (Lipinski definition) is 2. The van der Waals surface area contributed by atoms with Gasteiger partial charge < -0.3 is 5.32 Å². The number of hydrogen-bond acceptors (Lipinski definition) is 3. The Morgan fingerprint density at radius 3 is 2.59 bits per heavy atom. The Kier molecular flexibility index (Phi) is 4.60. The van der Waals surface area contributed by atoms with Gasteiger partial charge in [0.05, 0.1) is 5.69 Å². The Labute approximate surface area is 135 Å². The number of rotatable bonds is 2. The van der Waals surface area contributed by atoms with Crippen molar-refractivity contribution in [3.63, 3.8) is 0 Å². The number of piperidine rings is 1. The fourth-order valence-corrected chi connectivity index (χ4v) is 3.99. The highest BCUT2D eigenvalue weighted by atomic mass is 15.2. The van der Waals surface area contributed by atoms with Crippen LogP contribution in [0, 0.1) is 5.41 Å². The Morgan fingerprint density at radius 1 is 1.14 bits per heavy atom. The molecule has 2 aliphatic heterocycles. The van der Waals surface area contributed by atoms with Gasteiger partial charge in [-0.05, 0) is 69.8 Å². The second-order valence-corrected chi connectivity index (χ2v) is 8.41. The lowest BCUT2D eigenvalue weighted by Gasteiger charge is -2.37. The molecule has 0 unspecified atom stereocenters. The van der Waals surface area contributed by atoms with Gasteiger partial charge >= 0.3 is 0 Å². The smallest absolute Gasteiger partial charge is 0.0678 e. The van der Waals surface area contributed by atoms with Gasteiger partial charge in [-0.1, -0.05) is 20.8 Å². The van der Waals surface area contributed by atoms with Crippen molar-refractivity contribution >= 4 is 0 Å². The molecule has 2 fully saturated rings. The van der Waals surface area contributed by atoms with E-state index < -0.39 is 0 Å². The van der Waals surface area contributed by atoms with Crippen molar-refractivity contribution in [3.05, 3.63) is 17.5 Å². The Morgan fingerprint density at radius 2 is 1.91 bits per heavy atom. The summed E-state index contributed by atoms with van der Waals surface area (Å²) in [5.41, 5.74) is 3.20. The van der Waals surface area contributed by atoms with Crippen LogP contribution in [0.4, 0.5) is 0 Å². The summed E-state index contributed by atoms with van der Waals surface area (Å²) in [5.74, 6) is 0. The normalized spacial score (nSPS) is 23.6. The maximum Gasteiger partial charge on any atom is 0.0678 e. The van der Waals surface area contributed by atoms with E-state index in [1.807, 2.05) is 0 Å². The lowest BCUT2D eigenvalue weighted by molar-refractivity contribution is 0.167. The summed E-state index contributed by atoms with van der Waals surface area (Å²) in [7, 11) is 0. The first-order valence-electron chi connectivity index (χ1n) is 8.95. The highest BCUT2D eigenvalue weighted by Gasteiger charge is 2.33. The zero-order valence-corrected chi connectivity index (χ0v) is 14.5. The van der Waals surface area contributed by atoms with E-state index >= 15 is 0 Å². The lowest BCUT2D eigenvalue weighted by atomic mass is 9.73. The molecule has 0 amide bonds. The first-order chi connectivity index (χ1) is 10.5. The van der Waals surface area contributed by atoms with Gasteiger partial charge in [0, 0.05) is 17.7 Å². The molecule has 0 saturated carbocycles. The average Bonchev–Trinajstić information content (AvgIpc) is 2.87. The van der Waals surface area contributed by atoms with Crippen LogP contribution >= 0.6 is 0 Å². The first-order valence-corrected chi connectivity index (χ1v) is 8.95. The third-order valence-electron chi connectivity index (χ3n) is 5.60. The average molecular weight is 304 g/mol. The van der Waals surface area contributed by atoms with Crippen molar-refractivity contribution in [3.8, 4) is 0 Å². The first kappa shape index (κ1) is 16.0. The van der Waals surface area contributed by atoms with Crippen LogP contribution in [0.15, 0.2) is 6.07 Å². The number of H-pyrrole nitrogens is 1. The molecule has 3 heterocycles. The van der Waals surface area contributed by atoms with Gasteiger partial charge in [-0.2, -0.15) is 5.10 Å². The second kappa shape index (κ2) is 6.32. The van der Waals surface area contributed by atoms with Crippen molar-refractivity contribution in [1.82, 2.24) is 20.4 Å². The maximum absolute atomic E-state index is 4.50. The number of nitrogens with zero attached hydrogens (tertiary/aromatic N) is 2. The van der Waals surface area contributed by atoms with Gasteiger partial charge in [0.25, 0.3) is 0 Å². The van der Waals surface area contributed by atoms with Gasteiger partial charge in [0.15, 0.2) is 0 Å². The van der Waals surface area contributed by atoms with Crippen molar-refractivity contribution < 1.29 is 0 Å². The molecule has 4 nitrogen and oxygen atoms in total. The minimum atomic E-state index is 0.132. The summed E-state index contributed by atoms with van der Waals surface area (Å²) in [5, 5.41) is 11.3. The Bertz CT molecular complexity index is 480. The van der Waals surface area contributed by atoms with Crippen LogP contribution in [0.25, 0.3) is 0 Å². The third kappa shape index (κ3) is 3.72. The monoisotopic (exact) mass is 304 g/mol. The highest BCUT2D eigenvalue weighted by molar-refractivity contribution is 5.16. The van der Waals surface area contributed by atoms with Crippen molar-refractivity contribution in [2.75, 3.05) is 26.2 Å². The van der Waals surface area contributed by atoms with Gasteiger partial charge in [-0.25, -0.2) is 0 Å². The number of aromatic nitrogens is 2. The molecule has 4 heteroatoms. The number of nitrogens with one attached hydrogen (secondary N) is 2. The van der Waals surface area contributed by atoms with Crippen LogP contribution < -0.4 is 5.32 Å². The van der Waals surface area contributed by atoms with E-state index in [0.717, 1.165) is 6.54 Å². The van der Waals surface area contributed by atoms with Crippen molar-refractivity contribution in [2.24, 2.45) is 5.41 Å². The highest BCUT2D eigenvalue weighted by Crippen LogP contribution is 2.39. The van der Waals surface area contributed by atoms with E-state index in [2.05, 4.69) is 47.3 Å². The summed E-state index contributed by atoms with van der Waals surface area (Å²) in [6.45, 7) is 12.6. The standard InChI is InChI=1S/C18H32N4/c1-17(2,3)16-13-15(20-21-16)14-22-11-4-5-18(8-12-22)6-9-19-10-7-18/h13,19H,4-12,14H2,1-3H3,(H,20,21). The molecule has 0 bridgehead atoms. The second-order valence-electron chi connectivity index (χ2n) is 8.41. The molecular weight excluding hydrogens is 272 g/mol. The topological polar surface area (TPSA) is 44.0 Å². The lowest BCUT2D eigenvalue weighted by Crippen LogP contribution is -2.37. The fraction of sp³-hybridized carbons (Fsp3) is 0.833. The predicted octanol–water partition coefficient (Wildman–Crippen LogP) is 3.06. The Hall–Kier alpha value is -0.870. The maximum atomic E-state index is 4.50. The SMILES string of the molecule is CC(C)(C)c1cc(CN2CCCC3(CCNCC3)CC2)[nH]n1. The van der Waals surface area contributed by atoms with E-state index in [4.69, 9.17) is 0 Å². The molecule has 124 valence electrons. The van der Waals surface area contributed by atoms with E-state index in [1.54, 1.807) is 0 Å². The summed E-state index contributed by atoms with van der Waals surface area (Å²) < 4.78 is 0.